The van der Waals surface area contributed by atoms with E-state index in [-0.39, 0.29) is 28.4 Å². The average Bonchev–Trinajstić information content (AvgIpc) is 3.10. The number of anilines is 1. The number of carboxylic acids is 1. The quantitative estimate of drug-likeness (QED) is 0.317. The van der Waals surface area contributed by atoms with Gasteiger partial charge in [0.05, 0.1) is 23.6 Å². The fourth-order valence-electron chi connectivity index (χ4n) is 7.03. The highest BCUT2D eigenvalue weighted by atomic mass is 35.5. The molecule has 10 heteroatoms. The molecule has 1 amide bonds. The van der Waals surface area contributed by atoms with Crippen LogP contribution in [0.5, 0.6) is 5.75 Å². The molecule has 2 aromatic rings. The van der Waals surface area contributed by atoms with Crippen molar-refractivity contribution in [2.24, 2.45) is 17.8 Å². The van der Waals surface area contributed by atoms with Crippen molar-refractivity contribution in [2.75, 3.05) is 24.6 Å². The second-order valence-electron chi connectivity index (χ2n) is 12.9. The molecule has 1 spiro atoms. The van der Waals surface area contributed by atoms with Crippen LogP contribution in [0.25, 0.3) is 0 Å². The van der Waals surface area contributed by atoms with Gasteiger partial charge in [-0.25, -0.2) is 4.21 Å². The fourth-order valence-corrected chi connectivity index (χ4v) is 8.24. The average molecular weight is 643 g/mol. The van der Waals surface area contributed by atoms with Crippen molar-refractivity contribution in [3.05, 3.63) is 70.3 Å². The summed E-state index contributed by atoms with van der Waals surface area (Å²) in [5, 5.41) is 19.1. The number of rotatable bonds is 0. The second-order valence-corrected chi connectivity index (χ2v) is 14.9. The maximum atomic E-state index is 13.3. The van der Waals surface area contributed by atoms with Crippen LogP contribution < -0.4 is 14.4 Å². The number of benzene rings is 2. The molecule has 4 aliphatic rings. The summed E-state index contributed by atoms with van der Waals surface area (Å²) in [6.45, 7) is 7.11. The number of carbonyl (C=O) groups excluding carboxylic acids is 1. The van der Waals surface area contributed by atoms with Crippen molar-refractivity contribution in [3.8, 4) is 5.75 Å². The summed E-state index contributed by atoms with van der Waals surface area (Å²) >= 11 is 6.39. The van der Waals surface area contributed by atoms with Gasteiger partial charge in [-0.15, -0.1) is 0 Å². The van der Waals surface area contributed by atoms with E-state index >= 15 is 0 Å². The summed E-state index contributed by atoms with van der Waals surface area (Å²) in [6, 6.07) is 11.8. The van der Waals surface area contributed by atoms with Gasteiger partial charge >= 0.3 is 0 Å². The first-order valence-electron chi connectivity index (χ1n) is 15.5. The molecule has 238 valence electrons. The summed E-state index contributed by atoms with van der Waals surface area (Å²) in [5.41, 5.74) is 3.75. The Balaban J connectivity index is 0.000000906. The van der Waals surface area contributed by atoms with Gasteiger partial charge in [0.1, 0.15) is 16.7 Å². The van der Waals surface area contributed by atoms with Gasteiger partial charge < -0.3 is 19.8 Å². The van der Waals surface area contributed by atoms with Crippen LogP contribution in [0.1, 0.15) is 74.4 Å². The molecule has 44 heavy (non-hydrogen) atoms. The van der Waals surface area contributed by atoms with Crippen molar-refractivity contribution in [1.29, 1.82) is 0 Å². The van der Waals surface area contributed by atoms with Gasteiger partial charge in [0, 0.05) is 36.0 Å². The van der Waals surface area contributed by atoms with E-state index in [1.165, 1.54) is 11.1 Å². The minimum absolute atomic E-state index is 0.0926. The maximum Gasteiger partial charge on any atom is 0.300 e. The van der Waals surface area contributed by atoms with Crippen molar-refractivity contribution in [2.45, 2.75) is 76.1 Å². The predicted molar refractivity (Wildman–Crippen MR) is 174 cm³/mol. The van der Waals surface area contributed by atoms with Gasteiger partial charge in [0.15, 0.2) is 0 Å². The normalized spacial score (nSPS) is 32.3. The third-order valence-electron chi connectivity index (χ3n) is 9.84. The number of carbonyl (C=O) groups is 2. The standard InChI is InChI=1S/C32H39ClN2O4S.C2H4O2/c1-20-5-3-7-29(36)26-11-8-24(26)17-35-18-32(14-4-6-22-15-25(33)10-12-27(22)32)19-39-30-13-9-23(16-28(30)35)31(37)34-40(38)21(20)2;1-2(3)4/h3,7,9-10,12-13,15-16,20-21,24,26,29,36H,4-6,8,11,14,17-19H2,1-2H3,(H,34,37);1H3,(H,3,4)/b7-3+;/t20?,21?,24?,26?,29?,32-,40?;/m0./s1. The molecule has 2 aromatic carbocycles. The number of aliphatic hydroxyl groups is 1. The molecule has 2 bridgehead atoms. The summed E-state index contributed by atoms with van der Waals surface area (Å²) < 4.78 is 22.3. The molecule has 0 radical (unpaired) electrons. The Morgan fingerprint density at radius 2 is 1.95 bits per heavy atom. The van der Waals surface area contributed by atoms with Crippen LogP contribution in [-0.2, 0) is 27.6 Å². The minimum atomic E-state index is -1.53. The first-order valence-corrected chi connectivity index (χ1v) is 17.1. The van der Waals surface area contributed by atoms with Gasteiger partial charge in [0.2, 0.25) is 0 Å². The lowest BCUT2D eigenvalue weighted by Crippen LogP contribution is -2.49. The third kappa shape index (κ3) is 7.00. The van der Waals surface area contributed by atoms with E-state index in [0.717, 1.165) is 68.6 Å². The number of nitrogens with one attached hydrogen (secondary N) is 1. The second kappa shape index (κ2) is 13.6. The van der Waals surface area contributed by atoms with Crippen LogP contribution in [0.3, 0.4) is 0 Å². The smallest absolute Gasteiger partial charge is 0.300 e. The van der Waals surface area contributed by atoms with E-state index in [1.54, 1.807) is 6.07 Å². The lowest BCUT2D eigenvalue weighted by atomic mass is 9.68. The van der Waals surface area contributed by atoms with Crippen molar-refractivity contribution in [3.63, 3.8) is 0 Å². The zero-order chi connectivity index (χ0) is 31.6. The Bertz CT molecular complexity index is 1440. The molecule has 2 heterocycles. The first-order chi connectivity index (χ1) is 21.0. The number of ether oxygens (including phenoxy) is 1. The SMILES string of the molecule is CC(=O)O.CC1C/C=C/C(O)C2CCC2CN2C[C@@]3(CCCc4cc(Cl)ccc43)COc3ccc(cc32)C(=O)NS(=O)C1C. The van der Waals surface area contributed by atoms with E-state index < -0.39 is 23.1 Å². The Labute approximate surface area is 267 Å². The Hall–Kier alpha value is -2.88. The number of hydrogen-bond donors (Lipinski definition) is 3. The summed E-state index contributed by atoms with van der Waals surface area (Å²) in [6.07, 6.45) is 9.28. The monoisotopic (exact) mass is 642 g/mol. The summed E-state index contributed by atoms with van der Waals surface area (Å²) in [5.74, 6) is 0.213. The van der Waals surface area contributed by atoms with Gasteiger partial charge in [0.25, 0.3) is 11.9 Å². The van der Waals surface area contributed by atoms with Crippen LogP contribution in [0, 0.1) is 17.8 Å². The summed E-state index contributed by atoms with van der Waals surface area (Å²) in [7, 11) is -1.53. The van der Waals surface area contributed by atoms with Gasteiger partial charge in [-0.1, -0.05) is 36.7 Å². The third-order valence-corrected chi connectivity index (χ3v) is 11.6. The fraction of sp³-hybridized carbons (Fsp3) is 0.529. The molecular weight excluding hydrogens is 600 g/mol. The summed E-state index contributed by atoms with van der Waals surface area (Å²) in [4.78, 5) is 24.7. The molecule has 3 N–H and O–H groups in total. The highest BCUT2D eigenvalue weighted by molar-refractivity contribution is 7.84. The number of aliphatic hydroxyl groups excluding tert-OH is 1. The zero-order valence-electron chi connectivity index (χ0n) is 25.6. The molecule has 2 aliphatic heterocycles. The number of nitrogens with zero attached hydrogens (tertiary/aromatic N) is 1. The Morgan fingerprint density at radius 3 is 2.68 bits per heavy atom. The highest BCUT2D eigenvalue weighted by Crippen LogP contribution is 2.46. The molecular formula is C34H43ClN2O6S. The number of carboxylic acid groups (broad SMARTS) is 1. The Kier molecular flexibility index (Phi) is 10.1. The van der Waals surface area contributed by atoms with Crippen molar-refractivity contribution in [1.82, 2.24) is 4.72 Å². The number of fused-ring (bicyclic) bond motifs is 4. The van der Waals surface area contributed by atoms with Gasteiger partial charge in [-0.3, -0.25) is 14.3 Å². The van der Waals surface area contributed by atoms with Crippen LogP contribution in [0.15, 0.2) is 48.6 Å². The number of aryl methyl sites for hydroxylation is 1. The molecule has 1 saturated carbocycles. The van der Waals surface area contributed by atoms with Crippen LogP contribution >= 0.6 is 11.6 Å². The molecule has 7 atom stereocenters. The van der Waals surface area contributed by atoms with Crippen molar-refractivity contribution >= 4 is 40.2 Å². The van der Waals surface area contributed by atoms with E-state index in [9.17, 15) is 14.1 Å². The minimum Gasteiger partial charge on any atom is -0.490 e. The topological polar surface area (TPSA) is 116 Å². The molecule has 2 aliphatic carbocycles. The van der Waals surface area contributed by atoms with E-state index in [0.29, 0.717) is 24.5 Å². The number of hydrogen-bond acceptors (Lipinski definition) is 6. The molecule has 6 unspecified atom stereocenters. The van der Waals surface area contributed by atoms with Crippen LogP contribution in [-0.4, -0.2) is 57.3 Å². The van der Waals surface area contributed by atoms with Crippen LogP contribution in [0.4, 0.5) is 5.69 Å². The molecule has 8 nitrogen and oxygen atoms in total. The predicted octanol–water partition coefficient (Wildman–Crippen LogP) is 5.67. The van der Waals surface area contributed by atoms with Gasteiger partial charge in [-0.2, -0.15) is 0 Å². The maximum absolute atomic E-state index is 13.3. The molecule has 1 fully saturated rings. The number of amides is 1. The largest absolute Gasteiger partial charge is 0.490 e. The Morgan fingerprint density at radius 1 is 1.18 bits per heavy atom. The zero-order valence-corrected chi connectivity index (χ0v) is 27.2. The highest BCUT2D eigenvalue weighted by Gasteiger charge is 2.44. The number of halogens is 1. The molecule has 0 aromatic heterocycles. The number of aliphatic carboxylic acids is 1. The van der Waals surface area contributed by atoms with Crippen molar-refractivity contribution < 1.29 is 28.7 Å². The molecule has 6 rings (SSSR count). The van der Waals surface area contributed by atoms with Gasteiger partial charge in [-0.05, 0) is 105 Å². The van der Waals surface area contributed by atoms with E-state index in [4.69, 9.17) is 26.2 Å². The lowest BCUT2D eigenvalue weighted by Gasteiger charge is -2.45. The van der Waals surface area contributed by atoms with Crippen LogP contribution in [0.2, 0.25) is 5.02 Å². The van der Waals surface area contributed by atoms with E-state index in [2.05, 4.69) is 21.8 Å². The van der Waals surface area contributed by atoms with E-state index in [1.807, 2.05) is 44.2 Å². The molecule has 0 saturated heterocycles. The lowest BCUT2D eigenvalue weighted by molar-refractivity contribution is -0.134. The first kappa shape index (κ1) is 32.5. The number of allylic oxidation sites excluding steroid dienone is 1.